The van der Waals surface area contributed by atoms with Crippen LogP contribution in [-0.2, 0) is 14.2 Å². The van der Waals surface area contributed by atoms with E-state index in [4.69, 9.17) is 14.2 Å². The Morgan fingerprint density at radius 3 is 2.41 bits per heavy atom. The van der Waals surface area contributed by atoms with E-state index in [9.17, 15) is 0 Å². The summed E-state index contributed by atoms with van der Waals surface area (Å²) in [5, 5.41) is 0.167. The quantitative estimate of drug-likeness (QED) is 0.657. The van der Waals surface area contributed by atoms with Crippen molar-refractivity contribution < 1.29 is 14.2 Å². The van der Waals surface area contributed by atoms with E-state index >= 15 is 0 Å². The molecule has 0 aliphatic carbocycles. The highest BCUT2D eigenvalue weighted by Crippen LogP contribution is 2.38. The van der Waals surface area contributed by atoms with E-state index in [1.54, 1.807) is 0 Å². The molecule has 2 heterocycles. The van der Waals surface area contributed by atoms with Crippen LogP contribution in [0.1, 0.15) is 41.5 Å². The van der Waals surface area contributed by atoms with Crippen molar-refractivity contribution >= 4 is 7.28 Å². The molecule has 0 spiro atoms. The van der Waals surface area contributed by atoms with Gasteiger partial charge in [-0.1, -0.05) is 33.0 Å². The van der Waals surface area contributed by atoms with Gasteiger partial charge in [-0.25, -0.2) is 0 Å². The molecule has 0 bridgehead atoms. The fourth-order valence-corrected chi connectivity index (χ4v) is 2.68. The summed E-state index contributed by atoms with van der Waals surface area (Å²) in [5.41, 5.74) is 0. The normalized spacial score (nSPS) is 41.1. The van der Waals surface area contributed by atoms with E-state index in [1.165, 1.54) is 0 Å². The van der Waals surface area contributed by atoms with Gasteiger partial charge in [0.1, 0.15) is 6.10 Å². The second-order valence-corrected chi connectivity index (χ2v) is 6.83. The molecule has 2 aliphatic heterocycles. The average Bonchev–Trinajstić information content (AvgIpc) is 2.44. The molecule has 3 unspecified atom stereocenters. The maximum Gasteiger partial charge on any atom is 0.163 e. The second-order valence-electron chi connectivity index (χ2n) is 6.83. The van der Waals surface area contributed by atoms with Gasteiger partial charge in [0.25, 0.3) is 0 Å². The molecule has 0 N–H and O–H groups in total. The molecule has 2 aliphatic rings. The Morgan fingerprint density at radius 1 is 1.18 bits per heavy atom. The van der Waals surface area contributed by atoms with Gasteiger partial charge in [0.15, 0.2) is 13.1 Å². The number of hydrogen-bond acceptors (Lipinski definition) is 3. The lowest BCUT2D eigenvalue weighted by Gasteiger charge is -2.38. The number of hydrogen-bond donors (Lipinski definition) is 0. The van der Waals surface area contributed by atoms with Gasteiger partial charge < -0.3 is 14.2 Å². The topological polar surface area (TPSA) is 27.7 Å². The van der Waals surface area contributed by atoms with Crippen LogP contribution >= 0.6 is 0 Å². The van der Waals surface area contributed by atoms with Crippen molar-refractivity contribution in [2.75, 3.05) is 6.61 Å². The molecule has 0 saturated carbocycles. The minimum absolute atomic E-state index is 0.0876. The van der Waals surface area contributed by atoms with Crippen LogP contribution < -0.4 is 0 Å². The van der Waals surface area contributed by atoms with Gasteiger partial charge in [0, 0.05) is 11.9 Å². The van der Waals surface area contributed by atoms with Crippen molar-refractivity contribution in [1.82, 2.24) is 0 Å². The van der Waals surface area contributed by atoms with Crippen molar-refractivity contribution in [2.24, 2.45) is 5.92 Å². The molecular formula is C13H24BO3. The Morgan fingerprint density at radius 2 is 1.82 bits per heavy atom. The second kappa shape index (κ2) is 4.25. The van der Waals surface area contributed by atoms with Crippen LogP contribution in [0, 0.1) is 5.92 Å². The molecule has 17 heavy (non-hydrogen) atoms. The SMILES string of the molecule is CC1C([B]C(C)(C)C)OCC2OC(C)(C)O[C@@H]21. The van der Waals surface area contributed by atoms with Crippen molar-refractivity contribution in [3.8, 4) is 0 Å². The molecule has 97 valence electrons. The molecule has 2 fully saturated rings. The first-order chi connectivity index (χ1) is 7.68. The Balaban J connectivity index is 2.03. The smallest absolute Gasteiger partial charge is 0.163 e. The van der Waals surface area contributed by atoms with Crippen molar-refractivity contribution in [1.29, 1.82) is 0 Å². The summed E-state index contributed by atoms with van der Waals surface area (Å²) in [6, 6.07) is 0.161. The van der Waals surface area contributed by atoms with Crippen LogP contribution in [0.25, 0.3) is 0 Å². The first-order valence-electron chi connectivity index (χ1n) is 6.51. The Hall–Kier alpha value is -0.0551. The summed E-state index contributed by atoms with van der Waals surface area (Å²) in [7, 11) is 2.28. The minimum atomic E-state index is -0.469. The summed E-state index contributed by atoms with van der Waals surface area (Å²) in [5.74, 6) is -0.126. The molecule has 0 aromatic heterocycles. The summed E-state index contributed by atoms with van der Waals surface area (Å²) >= 11 is 0. The maximum absolute atomic E-state index is 5.99. The molecule has 0 aromatic rings. The molecule has 4 heteroatoms. The van der Waals surface area contributed by atoms with Gasteiger partial charge in [0.05, 0.1) is 12.7 Å². The predicted molar refractivity (Wildman–Crippen MR) is 68.2 cm³/mol. The molecule has 2 saturated heterocycles. The van der Waals surface area contributed by atoms with Crippen LogP contribution in [0.5, 0.6) is 0 Å². The highest BCUT2D eigenvalue weighted by atomic mass is 16.8. The van der Waals surface area contributed by atoms with Crippen molar-refractivity contribution in [3.63, 3.8) is 0 Å². The minimum Gasteiger partial charge on any atom is -0.384 e. The zero-order valence-corrected chi connectivity index (χ0v) is 11.8. The summed E-state index contributed by atoms with van der Waals surface area (Å²) < 4.78 is 17.7. The highest BCUT2D eigenvalue weighted by Gasteiger charge is 2.49. The van der Waals surface area contributed by atoms with E-state index in [0.717, 1.165) is 0 Å². The standard InChI is InChI=1S/C13H24BO3/c1-8-10-9(16-13(5,6)17-10)7-15-11(8)14-12(2,3)4/h8-11H,7H2,1-6H3/t8?,9?,10-,11?/m1/s1. The number of fused-ring (bicyclic) bond motifs is 1. The van der Waals surface area contributed by atoms with E-state index in [2.05, 4.69) is 35.0 Å². The van der Waals surface area contributed by atoms with E-state index < -0.39 is 5.79 Å². The van der Waals surface area contributed by atoms with Gasteiger partial charge in [0.2, 0.25) is 0 Å². The Kier molecular flexibility index (Phi) is 3.35. The van der Waals surface area contributed by atoms with Gasteiger partial charge in [-0.15, -0.1) is 0 Å². The summed E-state index contributed by atoms with van der Waals surface area (Å²) in [6.45, 7) is 13.4. The lowest BCUT2D eigenvalue weighted by atomic mass is 9.48. The van der Waals surface area contributed by atoms with Crippen LogP contribution in [0.4, 0.5) is 0 Å². The number of rotatable bonds is 1. The first kappa shape index (κ1) is 13.4. The molecular weight excluding hydrogens is 215 g/mol. The maximum atomic E-state index is 5.99. The lowest BCUT2D eigenvalue weighted by molar-refractivity contribution is -0.148. The molecule has 1 radical (unpaired) electrons. The highest BCUT2D eigenvalue weighted by molar-refractivity contribution is 6.41. The molecule has 3 nitrogen and oxygen atoms in total. The average molecular weight is 239 g/mol. The van der Waals surface area contributed by atoms with E-state index in [-0.39, 0.29) is 23.5 Å². The number of ether oxygens (including phenoxy) is 3. The molecule has 4 atom stereocenters. The molecule has 2 rings (SSSR count). The van der Waals surface area contributed by atoms with Gasteiger partial charge in [-0.05, 0) is 13.8 Å². The van der Waals surface area contributed by atoms with Crippen LogP contribution in [0.2, 0.25) is 5.31 Å². The van der Waals surface area contributed by atoms with E-state index in [0.29, 0.717) is 12.5 Å². The van der Waals surface area contributed by atoms with Gasteiger partial charge in [-0.3, -0.25) is 0 Å². The zero-order chi connectivity index (χ0) is 12.8. The summed E-state index contributed by atoms with van der Waals surface area (Å²) in [6.07, 6.45) is 0.243. The zero-order valence-electron chi connectivity index (χ0n) is 11.8. The fourth-order valence-electron chi connectivity index (χ4n) is 2.68. The fraction of sp³-hybridized carbons (Fsp3) is 1.00. The first-order valence-corrected chi connectivity index (χ1v) is 6.51. The molecule has 0 amide bonds. The third-order valence-electron chi connectivity index (χ3n) is 3.38. The monoisotopic (exact) mass is 239 g/mol. The molecule has 0 aromatic carbocycles. The third kappa shape index (κ3) is 3.04. The van der Waals surface area contributed by atoms with Crippen LogP contribution in [-0.4, -0.2) is 37.9 Å². The van der Waals surface area contributed by atoms with Crippen LogP contribution in [0.15, 0.2) is 0 Å². The third-order valence-corrected chi connectivity index (χ3v) is 3.38. The summed E-state index contributed by atoms with van der Waals surface area (Å²) in [4.78, 5) is 0. The van der Waals surface area contributed by atoms with Gasteiger partial charge in [-0.2, -0.15) is 0 Å². The van der Waals surface area contributed by atoms with Crippen molar-refractivity contribution in [3.05, 3.63) is 0 Å². The van der Waals surface area contributed by atoms with Crippen molar-refractivity contribution in [2.45, 2.75) is 70.9 Å². The van der Waals surface area contributed by atoms with E-state index in [1.807, 2.05) is 13.8 Å². The predicted octanol–water partition coefficient (Wildman–Crippen LogP) is 2.42. The Bertz CT molecular complexity index is 285. The van der Waals surface area contributed by atoms with Gasteiger partial charge >= 0.3 is 0 Å². The lowest BCUT2D eigenvalue weighted by Crippen LogP contribution is -2.50. The largest absolute Gasteiger partial charge is 0.384 e. The Labute approximate surface area is 105 Å². The van der Waals surface area contributed by atoms with Crippen LogP contribution in [0.3, 0.4) is 0 Å².